The van der Waals surface area contributed by atoms with Crippen LogP contribution in [-0.4, -0.2) is 51.0 Å². The van der Waals surface area contributed by atoms with Crippen LogP contribution < -0.4 is 0 Å². The smallest absolute Gasteiger partial charge is 0.0704 e. The van der Waals surface area contributed by atoms with Crippen LogP contribution in [-0.2, 0) is 9.47 Å². The van der Waals surface area contributed by atoms with Crippen molar-refractivity contribution in [3.05, 3.63) is 0 Å². The molecule has 0 aromatic heterocycles. The lowest BCUT2D eigenvalue weighted by atomic mass is 9.82. The minimum absolute atomic E-state index is 0.470. The maximum Gasteiger partial charge on any atom is 0.0704 e. The number of ether oxygens (including phenoxy) is 2. The largest absolute Gasteiger partial charge is 0.382 e. The fraction of sp³-hybridized carbons (Fsp3) is 1.00. The van der Waals surface area contributed by atoms with Gasteiger partial charge >= 0.3 is 0 Å². The minimum atomic E-state index is 0.470. The zero-order valence-corrected chi connectivity index (χ0v) is 12.8. The number of nitrogens with zero attached hydrogens (tertiary/aromatic N) is 1. The summed E-state index contributed by atoms with van der Waals surface area (Å²) in [5.74, 6) is 1.93. The molecule has 1 aliphatic carbocycles. The van der Waals surface area contributed by atoms with Crippen molar-refractivity contribution in [1.29, 1.82) is 0 Å². The SMILES string of the molecule is COCCOC1CCN(CC2CCC(C)CC2)CC1. The molecule has 3 nitrogen and oxygen atoms in total. The van der Waals surface area contributed by atoms with E-state index in [-0.39, 0.29) is 0 Å². The molecular formula is C16H31NO2. The maximum atomic E-state index is 5.82. The van der Waals surface area contributed by atoms with Gasteiger partial charge in [-0.3, -0.25) is 0 Å². The van der Waals surface area contributed by atoms with Crippen LogP contribution in [0.4, 0.5) is 0 Å². The average Bonchev–Trinajstić information content (AvgIpc) is 2.44. The normalized spacial score (nSPS) is 30.6. The molecule has 0 atom stereocenters. The lowest BCUT2D eigenvalue weighted by molar-refractivity contribution is -0.0175. The Kier molecular flexibility index (Phi) is 6.62. The zero-order chi connectivity index (χ0) is 13.5. The zero-order valence-electron chi connectivity index (χ0n) is 12.8. The predicted octanol–water partition coefficient (Wildman–Crippen LogP) is 2.94. The van der Waals surface area contributed by atoms with Crippen molar-refractivity contribution >= 4 is 0 Å². The first-order valence-corrected chi connectivity index (χ1v) is 8.11. The van der Waals surface area contributed by atoms with Gasteiger partial charge in [0.25, 0.3) is 0 Å². The van der Waals surface area contributed by atoms with E-state index in [4.69, 9.17) is 9.47 Å². The van der Waals surface area contributed by atoms with E-state index in [1.54, 1.807) is 7.11 Å². The van der Waals surface area contributed by atoms with Crippen LogP contribution in [0.25, 0.3) is 0 Å². The average molecular weight is 269 g/mol. The molecule has 0 unspecified atom stereocenters. The van der Waals surface area contributed by atoms with E-state index in [2.05, 4.69) is 11.8 Å². The Bertz CT molecular complexity index is 231. The molecular weight excluding hydrogens is 238 g/mol. The summed E-state index contributed by atoms with van der Waals surface area (Å²) in [4.78, 5) is 2.66. The number of likely N-dealkylation sites (tertiary alicyclic amines) is 1. The highest BCUT2D eigenvalue weighted by Crippen LogP contribution is 2.29. The fourth-order valence-electron chi connectivity index (χ4n) is 3.43. The van der Waals surface area contributed by atoms with Gasteiger partial charge < -0.3 is 14.4 Å². The topological polar surface area (TPSA) is 21.7 Å². The van der Waals surface area contributed by atoms with Gasteiger partial charge in [0, 0.05) is 26.7 Å². The second-order valence-electron chi connectivity index (χ2n) is 6.49. The number of hydrogen-bond donors (Lipinski definition) is 0. The van der Waals surface area contributed by atoms with Crippen molar-refractivity contribution < 1.29 is 9.47 Å². The van der Waals surface area contributed by atoms with Crippen molar-refractivity contribution in [3.63, 3.8) is 0 Å². The Morgan fingerprint density at radius 2 is 1.63 bits per heavy atom. The first-order chi connectivity index (χ1) is 9.28. The van der Waals surface area contributed by atoms with Gasteiger partial charge in [-0.2, -0.15) is 0 Å². The molecule has 2 rings (SSSR count). The van der Waals surface area contributed by atoms with E-state index in [1.165, 1.54) is 58.2 Å². The molecule has 2 fully saturated rings. The van der Waals surface area contributed by atoms with Crippen molar-refractivity contribution in [3.8, 4) is 0 Å². The highest BCUT2D eigenvalue weighted by molar-refractivity contribution is 4.77. The van der Waals surface area contributed by atoms with Gasteiger partial charge in [0.1, 0.15) is 0 Å². The molecule has 0 aromatic carbocycles. The van der Waals surface area contributed by atoms with Crippen LogP contribution in [0.3, 0.4) is 0 Å². The molecule has 1 heterocycles. The number of methoxy groups -OCH3 is 1. The van der Waals surface area contributed by atoms with Crippen LogP contribution in [0.2, 0.25) is 0 Å². The molecule has 1 saturated heterocycles. The third kappa shape index (κ3) is 5.41. The molecule has 19 heavy (non-hydrogen) atoms. The Morgan fingerprint density at radius 1 is 0.947 bits per heavy atom. The summed E-state index contributed by atoms with van der Waals surface area (Å²) < 4.78 is 10.9. The molecule has 0 aromatic rings. The van der Waals surface area contributed by atoms with Crippen molar-refractivity contribution in [1.82, 2.24) is 4.90 Å². The molecule has 0 radical (unpaired) electrons. The van der Waals surface area contributed by atoms with E-state index in [1.807, 2.05) is 0 Å². The van der Waals surface area contributed by atoms with E-state index < -0.39 is 0 Å². The number of piperidine rings is 1. The lowest BCUT2D eigenvalue weighted by Crippen LogP contribution is -2.40. The third-order valence-corrected chi connectivity index (χ3v) is 4.83. The van der Waals surface area contributed by atoms with Gasteiger partial charge in [0.2, 0.25) is 0 Å². The first-order valence-electron chi connectivity index (χ1n) is 8.11. The molecule has 0 N–H and O–H groups in total. The van der Waals surface area contributed by atoms with Gasteiger partial charge in [-0.05, 0) is 37.5 Å². The summed E-state index contributed by atoms with van der Waals surface area (Å²) in [7, 11) is 1.73. The van der Waals surface area contributed by atoms with E-state index >= 15 is 0 Å². The summed E-state index contributed by atoms with van der Waals surface area (Å²) in [5.41, 5.74) is 0. The quantitative estimate of drug-likeness (QED) is 0.692. The molecule has 3 heteroatoms. The molecule has 1 aliphatic heterocycles. The van der Waals surface area contributed by atoms with Crippen molar-refractivity contribution in [2.75, 3.05) is 40.0 Å². The van der Waals surface area contributed by atoms with Crippen LogP contribution in [0.1, 0.15) is 45.4 Å². The molecule has 0 amide bonds. The predicted molar refractivity (Wildman–Crippen MR) is 78.4 cm³/mol. The number of hydrogen-bond acceptors (Lipinski definition) is 3. The van der Waals surface area contributed by atoms with Crippen molar-refractivity contribution in [2.45, 2.75) is 51.6 Å². The first kappa shape index (κ1) is 15.3. The second kappa shape index (κ2) is 8.23. The maximum absolute atomic E-state index is 5.82. The van der Waals surface area contributed by atoms with Crippen LogP contribution >= 0.6 is 0 Å². The molecule has 1 saturated carbocycles. The van der Waals surface area contributed by atoms with Gasteiger partial charge in [-0.15, -0.1) is 0 Å². The summed E-state index contributed by atoms with van der Waals surface area (Å²) in [6, 6.07) is 0. The third-order valence-electron chi connectivity index (χ3n) is 4.83. The summed E-state index contributed by atoms with van der Waals surface area (Å²) in [6.07, 6.45) is 8.66. The van der Waals surface area contributed by atoms with Gasteiger partial charge in [-0.1, -0.05) is 19.8 Å². The molecule has 2 aliphatic rings. The van der Waals surface area contributed by atoms with Gasteiger partial charge in [-0.25, -0.2) is 0 Å². The van der Waals surface area contributed by atoms with Crippen LogP contribution in [0, 0.1) is 11.8 Å². The highest BCUT2D eigenvalue weighted by Gasteiger charge is 2.24. The van der Waals surface area contributed by atoms with Crippen molar-refractivity contribution in [2.24, 2.45) is 11.8 Å². The number of rotatable bonds is 6. The Hall–Kier alpha value is -0.120. The van der Waals surface area contributed by atoms with Gasteiger partial charge in [0.05, 0.1) is 19.3 Å². The minimum Gasteiger partial charge on any atom is -0.382 e. The molecule has 0 bridgehead atoms. The Morgan fingerprint density at radius 3 is 2.26 bits per heavy atom. The lowest BCUT2D eigenvalue weighted by Gasteiger charge is -2.36. The highest BCUT2D eigenvalue weighted by atomic mass is 16.5. The van der Waals surface area contributed by atoms with E-state index in [9.17, 15) is 0 Å². The summed E-state index contributed by atoms with van der Waals surface area (Å²) >= 11 is 0. The second-order valence-corrected chi connectivity index (χ2v) is 6.49. The van der Waals surface area contributed by atoms with E-state index in [0.29, 0.717) is 6.10 Å². The standard InChI is InChI=1S/C16H31NO2/c1-14-3-5-15(6-4-14)13-17-9-7-16(8-10-17)19-12-11-18-2/h14-16H,3-13H2,1-2H3. The van der Waals surface area contributed by atoms with Gasteiger partial charge in [0.15, 0.2) is 0 Å². The monoisotopic (exact) mass is 269 g/mol. The summed E-state index contributed by atoms with van der Waals surface area (Å²) in [5, 5.41) is 0. The Balaban J connectivity index is 1.58. The van der Waals surface area contributed by atoms with Crippen LogP contribution in [0.5, 0.6) is 0 Å². The molecule has 0 spiro atoms. The summed E-state index contributed by atoms with van der Waals surface area (Å²) in [6.45, 7) is 7.66. The fourth-order valence-corrected chi connectivity index (χ4v) is 3.43. The molecule has 112 valence electrons. The Labute approximate surface area is 118 Å². The van der Waals surface area contributed by atoms with E-state index in [0.717, 1.165) is 25.0 Å². The van der Waals surface area contributed by atoms with Crippen LogP contribution in [0.15, 0.2) is 0 Å².